The van der Waals surface area contributed by atoms with Gasteiger partial charge in [-0.1, -0.05) is 131 Å². The number of allylic oxidation sites excluding steroid dienone is 13. The monoisotopic (exact) mass is 680 g/mol. The third kappa shape index (κ3) is 37.3. The number of amides is 1. The molecule has 1 unspecified atom stereocenters. The zero-order chi connectivity index (χ0) is 35.9. The molecule has 276 valence electrons. The lowest BCUT2D eigenvalue weighted by Crippen LogP contribution is -2.28. The standard InChI is InChI=1S/C43H69NO5/c1-3-5-7-9-11-12-13-14-15-16-17-18-19-20-21-22-23-24-26-28-34-38-43(48)49-40(35-31-27-25-10-8-6-4-2)36-32-29-30-33-37-41(45)44-39-42(46)47/h5,7,11-12,14-15,17-18,20-21,23-24,31,35,40H,3-4,6,8-10,13,16,19,22,25-30,32-34,36-39H2,1-2H3,(H,44,45)(H,46,47)/b7-5-,12-11-,15-14-,18-17-,21-20-,24-23-,35-31-. The molecule has 0 aliphatic carbocycles. The van der Waals surface area contributed by atoms with Gasteiger partial charge in [0.2, 0.25) is 5.91 Å². The smallest absolute Gasteiger partial charge is 0.322 e. The van der Waals surface area contributed by atoms with Gasteiger partial charge in [0.1, 0.15) is 12.6 Å². The summed E-state index contributed by atoms with van der Waals surface area (Å²) >= 11 is 0. The summed E-state index contributed by atoms with van der Waals surface area (Å²) in [6.45, 7) is 4.04. The molecule has 1 amide bonds. The minimum absolute atomic E-state index is 0.129. The molecular weight excluding hydrogens is 610 g/mol. The Balaban J connectivity index is 4.18. The number of nitrogens with one attached hydrogen (secondary N) is 1. The maximum atomic E-state index is 12.6. The number of esters is 1. The van der Waals surface area contributed by atoms with Crippen molar-refractivity contribution in [1.29, 1.82) is 0 Å². The SMILES string of the molecule is CC/C=C\C/C=C\C/C=C\C/C=C\C/C=C\C/C=C\CCCCC(=O)OC(/C=C\CCCCCCC)CCCCCCC(=O)NCC(=O)O. The summed E-state index contributed by atoms with van der Waals surface area (Å²) in [5, 5.41) is 11.0. The van der Waals surface area contributed by atoms with Crippen LogP contribution in [0.3, 0.4) is 0 Å². The fourth-order valence-electron chi connectivity index (χ4n) is 4.95. The average Bonchev–Trinajstić information content (AvgIpc) is 3.08. The second-order valence-electron chi connectivity index (χ2n) is 12.4. The van der Waals surface area contributed by atoms with Gasteiger partial charge in [-0.05, 0) is 96.0 Å². The number of unbranched alkanes of at least 4 members (excludes halogenated alkanes) is 10. The lowest BCUT2D eigenvalue weighted by Gasteiger charge is -2.15. The molecule has 2 N–H and O–H groups in total. The number of carbonyl (C=O) groups excluding carboxylic acids is 2. The molecule has 0 fully saturated rings. The molecule has 0 bridgehead atoms. The predicted molar refractivity (Wildman–Crippen MR) is 207 cm³/mol. The third-order valence-corrected chi connectivity index (χ3v) is 7.79. The van der Waals surface area contributed by atoms with Crippen LogP contribution in [0, 0.1) is 0 Å². The maximum absolute atomic E-state index is 12.6. The highest BCUT2D eigenvalue weighted by Gasteiger charge is 2.11. The van der Waals surface area contributed by atoms with Crippen LogP contribution in [0.25, 0.3) is 0 Å². The van der Waals surface area contributed by atoms with Gasteiger partial charge in [-0.25, -0.2) is 0 Å². The molecule has 6 heteroatoms. The number of hydrogen-bond donors (Lipinski definition) is 2. The van der Waals surface area contributed by atoms with E-state index in [1.165, 1.54) is 25.7 Å². The van der Waals surface area contributed by atoms with Crippen molar-refractivity contribution in [2.45, 2.75) is 161 Å². The predicted octanol–water partition coefficient (Wildman–Crippen LogP) is 11.6. The first-order valence-electron chi connectivity index (χ1n) is 19.2. The molecule has 0 rings (SSSR count). The summed E-state index contributed by atoms with van der Waals surface area (Å²) in [7, 11) is 0. The molecule has 49 heavy (non-hydrogen) atoms. The van der Waals surface area contributed by atoms with E-state index < -0.39 is 5.97 Å². The molecule has 0 aromatic carbocycles. The summed E-state index contributed by atoms with van der Waals surface area (Å²) in [4.78, 5) is 34.8. The van der Waals surface area contributed by atoms with E-state index in [1.807, 2.05) is 0 Å². The number of hydrogen-bond acceptors (Lipinski definition) is 4. The summed E-state index contributed by atoms with van der Waals surface area (Å²) < 4.78 is 5.85. The molecule has 1 atom stereocenters. The van der Waals surface area contributed by atoms with Crippen LogP contribution < -0.4 is 5.32 Å². The fourth-order valence-corrected chi connectivity index (χ4v) is 4.95. The molecule has 6 nitrogen and oxygen atoms in total. The highest BCUT2D eigenvalue weighted by molar-refractivity contribution is 5.80. The van der Waals surface area contributed by atoms with Crippen LogP contribution in [0.1, 0.15) is 155 Å². The van der Waals surface area contributed by atoms with Gasteiger partial charge in [-0.3, -0.25) is 14.4 Å². The van der Waals surface area contributed by atoms with Gasteiger partial charge in [0.15, 0.2) is 0 Å². The molecule has 0 heterocycles. The van der Waals surface area contributed by atoms with Crippen LogP contribution >= 0.6 is 0 Å². The largest absolute Gasteiger partial charge is 0.480 e. The molecule has 0 saturated carbocycles. The Morgan fingerprint density at radius 1 is 0.571 bits per heavy atom. The van der Waals surface area contributed by atoms with Crippen molar-refractivity contribution < 1.29 is 24.2 Å². The number of carboxylic acids is 1. The second-order valence-corrected chi connectivity index (χ2v) is 12.4. The highest BCUT2D eigenvalue weighted by Crippen LogP contribution is 2.14. The molecule has 0 aliphatic rings. The Kier molecular flexibility index (Phi) is 34.8. The molecule has 0 aromatic heterocycles. The summed E-state index contributed by atoms with van der Waals surface area (Å²) in [5.41, 5.74) is 0. The molecule has 0 radical (unpaired) electrons. The van der Waals surface area contributed by atoms with Crippen LogP contribution in [-0.2, 0) is 19.1 Å². The van der Waals surface area contributed by atoms with Gasteiger partial charge in [0.25, 0.3) is 0 Å². The maximum Gasteiger partial charge on any atom is 0.322 e. The first-order chi connectivity index (χ1) is 24.0. The minimum atomic E-state index is -1.03. The normalized spacial score (nSPS) is 13.0. The van der Waals surface area contributed by atoms with Crippen molar-refractivity contribution in [1.82, 2.24) is 5.32 Å². The van der Waals surface area contributed by atoms with Crippen molar-refractivity contribution in [2.24, 2.45) is 0 Å². The van der Waals surface area contributed by atoms with Crippen LogP contribution in [0.5, 0.6) is 0 Å². The van der Waals surface area contributed by atoms with E-state index in [1.54, 1.807) is 0 Å². The number of ether oxygens (including phenoxy) is 1. The van der Waals surface area contributed by atoms with E-state index in [0.29, 0.717) is 12.8 Å². The van der Waals surface area contributed by atoms with E-state index in [4.69, 9.17) is 9.84 Å². The zero-order valence-corrected chi connectivity index (χ0v) is 31.0. The molecule has 0 spiro atoms. The van der Waals surface area contributed by atoms with Crippen molar-refractivity contribution in [3.63, 3.8) is 0 Å². The van der Waals surface area contributed by atoms with Crippen molar-refractivity contribution >= 4 is 17.8 Å². The Bertz CT molecular complexity index is 1020. The Labute approximate surface area is 299 Å². The minimum Gasteiger partial charge on any atom is -0.480 e. The highest BCUT2D eigenvalue weighted by atomic mass is 16.5. The van der Waals surface area contributed by atoms with Crippen LogP contribution in [0.2, 0.25) is 0 Å². The summed E-state index contributed by atoms with van der Waals surface area (Å²) in [5.74, 6) is -1.39. The van der Waals surface area contributed by atoms with Gasteiger partial charge in [-0.15, -0.1) is 0 Å². The van der Waals surface area contributed by atoms with Gasteiger partial charge in [0, 0.05) is 12.8 Å². The number of aliphatic carboxylic acids is 1. The topological polar surface area (TPSA) is 92.7 Å². The number of carboxylic acid groups (broad SMARTS) is 1. The Hall–Kier alpha value is -3.41. The lowest BCUT2D eigenvalue weighted by molar-refractivity contribution is -0.147. The second kappa shape index (κ2) is 37.4. The lowest BCUT2D eigenvalue weighted by atomic mass is 10.1. The van der Waals surface area contributed by atoms with Crippen molar-refractivity contribution in [2.75, 3.05) is 6.54 Å². The fraction of sp³-hybridized carbons (Fsp3) is 0.605. The zero-order valence-electron chi connectivity index (χ0n) is 31.0. The summed E-state index contributed by atoms with van der Waals surface area (Å²) in [6.07, 6.45) is 51.5. The van der Waals surface area contributed by atoms with Crippen LogP contribution in [0.4, 0.5) is 0 Å². The average molecular weight is 680 g/mol. The number of rotatable bonds is 33. The van der Waals surface area contributed by atoms with E-state index in [-0.39, 0.29) is 24.5 Å². The molecule has 0 aliphatic heterocycles. The summed E-state index contributed by atoms with van der Waals surface area (Å²) in [6, 6.07) is 0. The van der Waals surface area contributed by atoms with E-state index in [9.17, 15) is 14.4 Å². The number of carbonyl (C=O) groups is 3. The Morgan fingerprint density at radius 3 is 1.65 bits per heavy atom. The molecule has 0 saturated heterocycles. The van der Waals surface area contributed by atoms with Crippen LogP contribution in [0.15, 0.2) is 85.1 Å². The van der Waals surface area contributed by atoms with E-state index in [0.717, 1.165) is 103 Å². The Morgan fingerprint density at radius 2 is 1.06 bits per heavy atom. The van der Waals surface area contributed by atoms with Crippen molar-refractivity contribution in [3.8, 4) is 0 Å². The molecule has 0 aromatic rings. The quantitative estimate of drug-likeness (QED) is 0.0409. The van der Waals surface area contributed by atoms with Crippen molar-refractivity contribution in [3.05, 3.63) is 85.1 Å². The van der Waals surface area contributed by atoms with Crippen LogP contribution in [-0.4, -0.2) is 35.6 Å². The van der Waals surface area contributed by atoms with E-state index in [2.05, 4.69) is 104 Å². The first kappa shape index (κ1) is 45.6. The first-order valence-corrected chi connectivity index (χ1v) is 19.2. The third-order valence-electron chi connectivity index (χ3n) is 7.79. The molecular formula is C43H69NO5. The van der Waals surface area contributed by atoms with Gasteiger partial charge < -0.3 is 15.2 Å². The van der Waals surface area contributed by atoms with Gasteiger partial charge in [0.05, 0.1) is 0 Å². The van der Waals surface area contributed by atoms with Gasteiger partial charge in [-0.2, -0.15) is 0 Å². The van der Waals surface area contributed by atoms with E-state index >= 15 is 0 Å². The van der Waals surface area contributed by atoms with Gasteiger partial charge >= 0.3 is 11.9 Å².